The van der Waals surface area contributed by atoms with Gasteiger partial charge in [0.1, 0.15) is 6.73 Å². The lowest BCUT2D eigenvalue weighted by Crippen LogP contribution is -2.31. The van der Waals surface area contributed by atoms with E-state index < -0.39 is 0 Å². The summed E-state index contributed by atoms with van der Waals surface area (Å²) in [5, 5.41) is 5.37. The number of methoxy groups -OCH3 is 1. The lowest BCUT2D eigenvalue weighted by atomic mass is 10.2. The third-order valence-electron chi connectivity index (χ3n) is 2.20. The Kier molecular flexibility index (Phi) is 6.99. The summed E-state index contributed by atoms with van der Waals surface area (Å²) in [5.41, 5.74) is 1.82. The van der Waals surface area contributed by atoms with E-state index in [-0.39, 0.29) is 12.8 Å². The van der Waals surface area contributed by atoms with Crippen LogP contribution in [0.4, 0.5) is 10.5 Å². The number of halogens is 1. The van der Waals surface area contributed by atoms with Gasteiger partial charge in [0.15, 0.2) is 0 Å². The molecular weight excluding hydrogens is 347 g/mol. The average Bonchev–Trinajstić information content (AvgIpc) is 2.32. The number of nitrogens with one attached hydrogen (secondary N) is 2. The van der Waals surface area contributed by atoms with E-state index in [0.29, 0.717) is 13.2 Å². The Balaban J connectivity index is 2.31. The third kappa shape index (κ3) is 5.65. The van der Waals surface area contributed by atoms with E-state index >= 15 is 0 Å². The van der Waals surface area contributed by atoms with Crippen LogP contribution < -0.4 is 10.6 Å². The number of amides is 2. The summed E-state index contributed by atoms with van der Waals surface area (Å²) >= 11 is 2.23. The minimum absolute atomic E-state index is 0.165. The number of urea groups is 1. The molecule has 0 aliphatic heterocycles. The smallest absolute Gasteiger partial charge is 0.321 e. The second-order valence-corrected chi connectivity index (χ2v) is 4.88. The standard InChI is InChI=1S/C12H17IN2O3/c1-9-7-10(13)3-4-11(9)15-12(16)14-8-18-6-5-17-2/h3-4,7H,5-6,8H2,1-2H3,(H2,14,15,16). The molecule has 5 nitrogen and oxygen atoms in total. The van der Waals surface area contributed by atoms with Gasteiger partial charge in [-0.3, -0.25) is 0 Å². The van der Waals surface area contributed by atoms with Crippen LogP contribution in [0.2, 0.25) is 0 Å². The van der Waals surface area contributed by atoms with Crippen molar-refractivity contribution < 1.29 is 14.3 Å². The highest BCUT2D eigenvalue weighted by Crippen LogP contribution is 2.17. The quantitative estimate of drug-likeness (QED) is 0.463. The second kappa shape index (κ2) is 8.28. The van der Waals surface area contributed by atoms with E-state index in [0.717, 1.165) is 14.8 Å². The van der Waals surface area contributed by atoms with E-state index in [4.69, 9.17) is 9.47 Å². The molecule has 2 N–H and O–H groups in total. The van der Waals surface area contributed by atoms with Crippen LogP contribution in [-0.2, 0) is 9.47 Å². The zero-order valence-corrected chi connectivity index (χ0v) is 12.6. The summed E-state index contributed by atoms with van der Waals surface area (Å²) < 4.78 is 11.1. The van der Waals surface area contributed by atoms with Gasteiger partial charge < -0.3 is 20.1 Å². The molecule has 2 amide bonds. The number of carbonyl (C=O) groups is 1. The molecule has 100 valence electrons. The van der Waals surface area contributed by atoms with Crippen LogP contribution in [0, 0.1) is 10.5 Å². The molecule has 0 fully saturated rings. The van der Waals surface area contributed by atoms with Crippen molar-refractivity contribution >= 4 is 34.3 Å². The molecule has 0 unspecified atom stereocenters. The Bertz CT molecular complexity index is 399. The molecule has 0 atom stereocenters. The number of carbonyl (C=O) groups excluding carboxylic acids is 1. The van der Waals surface area contributed by atoms with Gasteiger partial charge in [0.25, 0.3) is 0 Å². The Morgan fingerprint density at radius 1 is 1.39 bits per heavy atom. The molecule has 0 bridgehead atoms. The molecular formula is C12H17IN2O3. The molecule has 0 aliphatic rings. The fourth-order valence-electron chi connectivity index (χ4n) is 1.26. The van der Waals surface area contributed by atoms with Crippen molar-refractivity contribution in [2.24, 2.45) is 0 Å². The van der Waals surface area contributed by atoms with E-state index in [1.54, 1.807) is 7.11 Å². The highest BCUT2D eigenvalue weighted by atomic mass is 127. The van der Waals surface area contributed by atoms with Gasteiger partial charge in [-0.05, 0) is 53.3 Å². The van der Waals surface area contributed by atoms with Crippen LogP contribution in [0.5, 0.6) is 0 Å². The Hall–Kier alpha value is -0.860. The molecule has 1 aromatic carbocycles. The van der Waals surface area contributed by atoms with E-state index in [9.17, 15) is 4.79 Å². The molecule has 0 aliphatic carbocycles. The van der Waals surface area contributed by atoms with Crippen LogP contribution in [0.1, 0.15) is 5.56 Å². The summed E-state index contributed by atoms with van der Waals surface area (Å²) in [4.78, 5) is 11.5. The number of rotatable bonds is 6. The molecule has 1 aromatic rings. The van der Waals surface area contributed by atoms with Crippen molar-refractivity contribution in [2.45, 2.75) is 6.92 Å². The van der Waals surface area contributed by atoms with Gasteiger partial charge in [-0.1, -0.05) is 0 Å². The van der Waals surface area contributed by atoms with E-state index in [1.807, 2.05) is 25.1 Å². The largest absolute Gasteiger partial charge is 0.382 e. The SMILES string of the molecule is COCCOCNC(=O)Nc1ccc(I)cc1C. The number of hydrogen-bond acceptors (Lipinski definition) is 3. The zero-order valence-electron chi connectivity index (χ0n) is 10.5. The van der Waals surface area contributed by atoms with Gasteiger partial charge in [0.2, 0.25) is 0 Å². The zero-order chi connectivity index (χ0) is 13.4. The Labute approximate surface area is 120 Å². The lowest BCUT2D eigenvalue weighted by Gasteiger charge is -2.10. The maximum absolute atomic E-state index is 11.5. The fourth-order valence-corrected chi connectivity index (χ4v) is 1.91. The Morgan fingerprint density at radius 2 is 2.17 bits per heavy atom. The maximum Gasteiger partial charge on any atom is 0.321 e. The van der Waals surface area contributed by atoms with Crippen molar-refractivity contribution in [1.29, 1.82) is 0 Å². The minimum atomic E-state index is -0.281. The van der Waals surface area contributed by atoms with Gasteiger partial charge in [0, 0.05) is 16.4 Å². The minimum Gasteiger partial charge on any atom is -0.382 e. The first-order valence-electron chi connectivity index (χ1n) is 5.51. The molecule has 0 saturated carbocycles. The first-order valence-corrected chi connectivity index (χ1v) is 6.59. The summed E-state index contributed by atoms with van der Waals surface area (Å²) in [7, 11) is 1.60. The van der Waals surface area contributed by atoms with Crippen molar-refractivity contribution in [3.63, 3.8) is 0 Å². The summed E-state index contributed by atoms with van der Waals surface area (Å²) in [6, 6.07) is 5.54. The fraction of sp³-hybridized carbons (Fsp3) is 0.417. The predicted molar refractivity (Wildman–Crippen MR) is 78.7 cm³/mol. The molecule has 0 heterocycles. The number of benzene rings is 1. The van der Waals surface area contributed by atoms with Crippen LogP contribution in [-0.4, -0.2) is 33.1 Å². The highest BCUT2D eigenvalue weighted by molar-refractivity contribution is 14.1. The predicted octanol–water partition coefficient (Wildman–Crippen LogP) is 2.34. The topological polar surface area (TPSA) is 59.6 Å². The van der Waals surface area contributed by atoms with Crippen molar-refractivity contribution in [1.82, 2.24) is 5.32 Å². The Morgan fingerprint density at radius 3 is 2.83 bits per heavy atom. The molecule has 0 spiro atoms. The van der Waals surface area contributed by atoms with E-state index in [2.05, 4.69) is 33.2 Å². The van der Waals surface area contributed by atoms with Gasteiger partial charge in [-0.2, -0.15) is 0 Å². The number of ether oxygens (including phenoxy) is 2. The van der Waals surface area contributed by atoms with Gasteiger partial charge >= 0.3 is 6.03 Å². The monoisotopic (exact) mass is 364 g/mol. The third-order valence-corrected chi connectivity index (χ3v) is 2.87. The number of anilines is 1. The van der Waals surface area contributed by atoms with Crippen LogP contribution in [0.25, 0.3) is 0 Å². The number of aryl methyl sites for hydroxylation is 1. The van der Waals surface area contributed by atoms with Gasteiger partial charge in [0.05, 0.1) is 13.2 Å². The average molecular weight is 364 g/mol. The lowest BCUT2D eigenvalue weighted by molar-refractivity contribution is 0.0650. The van der Waals surface area contributed by atoms with Gasteiger partial charge in [-0.15, -0.1) is 0 Å². The molecule has 1 rings (SSSR count). The summed E-state index contributed by atoms with van der Waals surface area (Å²) in [5.74, 6) is 0. The molecule has 0 saturated heterocycles. The van der Waals surface area contributed by atoms with Crippen LogP contribution in [0.3, 0.4) is 0 Å². The summed E-state index contributed by atoms with van der Waals surface area (Å²) in [6.07, 6.45) is 0. The molecule has 0 aromatic heterocycles. The van der Waals surface area contributed by atoms with Crippen molar-refractivity contribution in [2.75, 3.05) is 32.4 Å². The summed E-state index contributed by atoms with van der Waals surface area (Å²) in [6.45, 7) is 3.09. The maximum atomic E-state index is 11.5. The molecule has 0 radical (unpaired) electrons. The van der Waals surface area contributed by atoms with Gasteiger partial charge in [-0.25, -0.2) is 4.79 Å². The normalized spacial score (nSPS) is 10.2. The first kappa shape index (κ1) is 15.2. The van der Waals surface area contributed by atoms with Crippen molar-refractivity contribution in [3.05, 3.63) is 27.3 Å². The molecule has 6 heteroatoms. The first-order chi connectivity index (χ1) is 8.63. The highest BCUT2D eigenvalue weighted by Gasteiger charge is 2.03. The van der Waals surface area contributed by atoms with Crippen LogP contribution >= 0.6 is 22.6 Å². The van der Waals surface area contributed by atoms with Crippen LogP contribution in [0.15, 0.2) is 18.2 Å². The number of hydrogen-bond donors (Lipinski definition) is 2. The second-order valence-electron chi connectivity index (χ2n) is 3.64. The van der Waals surface area contributed by atoms with E-state index in [1.165, 1.54) is 0 Å². The molecule has 18 heavy (non-hydrogen) atoms. The van der Waals surface area contributed by atoms with Crippen molar-refractivity contribution in [3.8, 4) is 0 Å².